The van der Waals surface area contributed by atoms with Gasteiger partial charge < -0.3 is 0 Å². The van der Waals surface area contributed by atoms with E-state index < -0.39 is 0 Å². The van der Waals surface area contributed by atoms with Gasteiger partial charge in [0.2, 0.25) is 5.91 Å². The summed E-state index contributed by atoms with van der Waals surface area (Å²) in [5.74, 6) is -0.107. The van der Waals surface area contributed by atoms with E-state index in [0.717, 1.165) is 22.4 Å². The van der Waals surface area contributed by atoms with E-state index in [1.54, 1.807) is 0 Å². The highest BCUT2D eigenvalue weighted by atomic mass is 16.2. The Balaban J connectivity index is 1.78. The summed E-state index contributed by atoms with van der Waals surface area (Å²) in [7, 11) is 0. The van der Waals surface area contributed by atoms with Crippen molar-refractivity contribution in [3.8, 4) is 0 Å². The number of hydrogen-bond acceptors (Lipinski definition) is 2. The highest BCUT2D eigenvalue weighted by Crippen LogP contribution is 2.25. The Hall–Kier alpha value is -3.20. The molecule has 0 aliphatic carbocycles. The first-order valence-corrected chi connectivity index (χ1v) is 8.71. The number of hydrazone groups is 1. The summed E-state index contributed by atoms with van der Waals surface area (Å²) in [6.07, 6.45) is 0.318. The lowest BCUT2D eigenvalue weighted by atomic mass is 9.88. The molecule has 0 fully saturated rings. The first-order chi connectivity index (χ1) is 12.7. The highest BCUT2D eigenvalue weighted by Gasteiger charge is 2.17. The van der Waals surface area contributed by atoms with Crippen LogP contribution < -0.4 is 5.43 Å². The van der Waals surface area contributed by atoms with E-state index in [4.69, 9.17) is 0 Å². The van der Waals surface area contributed by atoms with Gasteiger partial charge in [0.05, 0.1) is 6.42 Å². The number of nitrogens with zero attached hydrogens (tertiary/aromatic N) is 1. The van der Waals surface area contributed by atoms with Crippen molar-refractivity contribution in [2.75, 3.05) is 0 Å². The Morgan fingerprint density at radius 1 is 0.808 bits per heavy atom. The predicted molar refractivity (Wildman–Crippen MR) is 106 cm³/mol. The van der Waals surface area contributed by atoms with Crippen molar-refractivity contribution in [1.29, 1.82) is 0 Å². The minimum Gasteiger partial charge on any atom is -0.273 e. The molecule has 3 heteroatoms. The third kappa shape index (κ3) is 4.67. The lowest BCUT2D eigenvalue weighted by Gasteiger charge is -2.18. The molecule has 3 rings (SSSR count). The molecule has 3 aromatic rings. The van der Waals surface area contributed by atoms with E-state index >= 15 is 0 Å². The van der Waals surface area contributed by atoms with Crippen LogP contribution in [0, 0.1) is 0 Å². The van der Waals surface area contributed by atoms with Crippen LogP contribution in [0.2, 0.25) is 0 Å². The number of nitrogens with one attached hydrogen (secondary N) is 1. The van der Waals surface area contributed by atoms with Crippen molar-refractivity contribution in [2.24, 2.45) is 5.10 Å². The van der Waals surface area contributed by atoms with Crippen molar-refractivity contribution in [3.05, 3.63) is 108 Å². The second-order valence-electron chi connectivity index (χ2n) is 6.20. The van der Waals surface area contributed by atoms with Gasteiger partial charge >= 0.3 is 0 Å². The normalized spacial score (nSPS) is 11.4. The lowest BCUT2D eigenvalue weighted by molar-refractivity contribution is -0.120. The molecule has 0 heterocycles. The second kappa shape index (κ2) is 8.77. The Morgan fingerprint density at radius 3 is 1.77 bits per heavy atom. The summed E-state index contributed by atoms with van der Waals surface area (Å²) >= 11 is 0. The zero-order valence-electron chi connectivity index (χ0n) is 14.8. The van der Waals surface area contributed by atoms with E-state index in [1.807, 2.05) is 73.7 Å². The van der Waals surface area contributed by atoms with Crippen LogP contribution in [0.5, 0.6) is 0 Å². The maximum Gasteiger partial charge on any atom is 0.244 e. The van der Waals surface area contributed by atoms with Crippen LogP contribution in [-0.4, -0.2) is 11.6 Å². The Morgan fingerprint density at radius 2 is 1.27 bits per heavy atom. The first-order valence-electron chi connectivity index (χ1n) is 8.71. The van der Waals surface area contributed by atoms with Gasteiger partial charge in [-0.3, -0.25) is 4.79 Å². The number of amides is 1. The van der Waals surface area contributed by atoms with Crippen molar-refractivity contribution in [1.82, 2.24) is 5.43 Å². The molecule has 0 saturated heterocycles. The Kier molecular flexibility index (Phi) is 5.94. The van der Waals surface area contributed by atoms with Crippen LogP contribution in [0.4, 0.5) is 0 Å². The van der Waals surface area contributed by atoms with E-state index in [2.05, 4.69) is 34.8 Å². The van der Waals surface area contributed by atoms with Gasteiger partial charge in [0.15, 0.2) is 0 Å². The molecule has 0 aliphatic heterocycles. The summed E-state index contributed by atoms with van der Waals surface area (Å²) in [4.78, 5) is 12.2. The molecule has 1 N–H and O–H groups in total. The predicted octanol–water partition coefficient (Wildman–Crippen LogP) is 4.55. The summed E-state index contributed by atoms with van der Waals surface area (Å²) in [5, 5.41) is 4.39. The molecule has 0 unspecified atom stereocenters. The fraction of sp³-hybridized carbons (Fsp3) is 0.130. The molecule has 0 aromatic heterocycles. The molecule has 130 valence electrons. The third-order valence-electron chi connectivity index (χ3n) is 4.25. The van der Waals surface area contributed by atoms with Crippen LogP contribution in [0.15, 0.2) is 96.1 Å². The maximum absolute atomic E-state index is 12.2. The first kappa shape index (κ1) is 17.6. The SMILES string of the molecule is C/C(=N\NC(=O)Cc1ccccc1)C(c1ccccc1)c1ccccc1. The van der Waals surface area contributed by atoms with Gasteiger partial charge in [-0.05, 0) is 23.6 Å². The van der Waals surface area contributed by atoms with Crippen molar-refractivity contribution < 1.29 is 4.79 Å². The Labute approximate surface area is 154 Å². The maximum atomic E-state index is 12.2. The summed E-state index contributed by atoms with van der Waals surface area (Å²) in [5.41, 5.74) is 6.82. The monoisotopic (exact) mass is 342 g/mol. The van der Waals surface area contributed by atoms with Crippen molar-refractivity contribution in [2.45, 2.75) is 19.3 Å². The zero-order chi connectivity index (χ0) is 18.2. The van der Waals surface area contributed by atoms with Crippen LogP contribution >= 0.6 is 0 Å². The fourth-order valence-electron chi connectivity index (χ4n) is 3.00. The van der Waals surface area contributed by atoms with Gasteiger partial charge in [-0.25, -0.2) is 5.43 Å². The minimum atomic E-state index is -0.115. The number of hydrogen-bond donors (Lipinski definition) is 1. The lowest BCUT2D eigenvalue weighted by Crippen LogP contribution is -2.23. The molecule has 0 spiro atoms. The quantitative estimate of drug-likeness (QED) is 0.518. The zero-order valence-corrected chi connectivity index (χ0v) is 14.8. The van der Waals surface area contributed by atoms with E-state index in [9.17, 15) is 4.79 Å². The van der Waals surface area contributed by atoms with Crippen LogP contribution in [0.25, 0.3) is 0 Å². The number of carbonyl (C=O) groups excluding carboxylic acids is 1. The molecule has 0 atom stereocenters. The average molecular weight is 342 g/mol. The topological polar surface area (TPSA) is 41.5 Å². The number of carbonyl (C=O) groups is 1. The van der Waals surface area contributed by atoms with E-state index in [0.29, 0.717) is 6.42 Å². The molecule has 3 nitrogen and oxygen atoms in total. The van der Waals surface area contributed by atoms with Crippen LogP contribution in [0.1, 0.15) is 29.5 Å². The number of benzene rings is 3. The standard InChI is InChI=1S/C23H22N2O/c1-18(24-25-22(26)17-19-11-5-2-6-12-19)23(20-13-7-3-8-14-20)21-15-9-4-10-16-21/h2-16,23H,17H2,1H3,(H,25,26)/b24-18+. The van der Waals surface area contributed by atoms with Crippen LogP contribution in [0.3, 0.4) is 0 Å². The molecule has 0 bridgehead atoms. The highest BCUT2D eigenvalue weighted by molar-refractivity contribution is 5.93. The van der Waals surface area contributed by atoms with Crippen LogP contribution in [-0.2, 0) is 11.2 Å². The molecule has 0 saturated carbocycles. The summed E-state index contributed by atoms with van der Waals surface area (Å²) < 4.78 is 0. The summed E-state index contributed by atoms with van der Waals surface area (Å²) in [6, 6.07) is 30.1. The van der Waals surface area contributed by atoms with Gasteiger partial charge in [0, 0.05) is 11.6 Å². The van der Waals surface area contributed by atoms with Crippen molar-refractivity contribution in [3.63, 3.8) is 0 Å². The second-order valence-corrected chi connectivity index (χ2v) is 6.20. The van der Waals surface area contributed by atoms with Gasteiger partial charge in [0.25, 0.3) is 0 Å². The molecule has 0 aliphatic rings. The molecular weight excluding hydrogens is 320 g/mol. The molecule has 26 heavy (non-hydrogen) atoms. The largest absolute Gasteiger partial charge is 0.273 e. The average Bonchev–Trinajstić information content (AvgIpc) is 2.69. The van der Waals surface area contributed by atoms with Crippen molar-refractivity contribution >= 4 is 11.6 Å². The fourth-order valence-corrected chi connectivity index (χ4v) is 3.00. The van der Waals surface area contributed by atoms with Gasteiger partial charge in [-0.1, -0.05) is 91.0 Å². The van der Waals surface area contributed by atoms with Gasteiger partial charge in [0.1, 0.15) is 0 Å². The molecular formula is C23H22N2O. The number of rotatable bonds is 6. The Bertz CT molecular complexity index is 819. The van der Waals surface area contributed by atoms with E-state index in [1.165, 1.54) is 0 Å². The smallest absolute Gasteiger partial charge is 0.244 e. The van der Waals surface area contributed by atoms with Gasteiger partial charge in [-0.15, -0.1) is 0 Å². The molecule has 1 amide bonds. The van der Waals surface area contributed by atoms with Gasteiger partial charge in [-0.2, -0.15) is 5.10 Å². The summed E-state index contributed by atoms with van der Waals surface area (Å²) in [6.45, 7) is 1.95. The van der Waals surface area contributed by atoms with E-state index in [-0.39, 0.29) is 11.8 Å². The molecule has 0 radical (unpaired) electrons. The molecule has 3 aromatic carbocycles. The minimum absolute atomic E-state index is 0.00873. The third-order valence-corrected chi connectivity index (χ3v) is 4.25.